The predicted octanol–water partition coefficient (Wildman–Crippen LogP) is 3.35. The first-order chi connectivity index (χ1) is 7.68. The molecule has 2 nitrogen and oxygen atoms in total. The molecule has 0 heterocycles. The second-order valence-corrected chi connectivity index (χ2v) is 5.06. The summed E-state index contributed by atoms with van der Waals surface area (Å²) in [5.74, 6) is 0. The topological polar surface area (TPSA) is 21.3 Å². The molecular weight excluding hydrogens is 266 g/mol. The van der Waals surface area contributed by atoms with Crippen LogP contribution in [0.5, 0.6) is 0 Å². The van der Waals surface area contributed by atoms with Gasteiger partial charge < -0.3 is 10.1 Å². The van der Waals surface area contributed by atoms with E-state index in [-0.39, 0.29) is 0 Å². The van der Waals surface area contributed by atoms with Crippen LogP contribution in [0.4, 0.5) is 0 Å². The standard InChI is InChI=1S/C13H20BrNO/c1-11(2)15-8-3-9-16-10-12-4-6-13(14)7-5-12/h4-7,11,15H,3,8-10H2,1-2H3. The van der Waals surface area contributed by atoms with Crippen molar-refractivity contribution in [3.8, 4) is 0 Å². The summed E-state index contributed by atoms with van der Waals surface area (Å²) in [4.78, 5) is 0. The second kappa shape index (κ2) is 7.82. The molecule has 0 aliphatic rings. The Bertz CT molecular complexity index is 284. The van der Waals surface area contributed by atoms with Crippen LogP contribution in [0.3, 0.4) is 0 Å². The van der Waals surface area contributed by atoms with Crippen molar-refractivity contribution in [3.63, 3.8) is 0 Å². The number of benzene rings is 1. The van der Waals surface area contributed by atoms with Crippen LogP contribution < -0.4 is 5.32 Å². The predicted molar refractivity (Wildman–Crippen MR) is 71.6 cm³/mol. The van der Waals surface area contributed by atoms with Gasteiger partial charge in [-0.2, -0.15) is 0 Å². The molecule has 3 heteroatoms. The lowest BCUT2D eigenvalue weighted by molar-refractivity contribution is 0.118. The van der Waals surface area contributed by atoms with Crippen molar-refractivity contribution in [1.29, 1.82) is 0 Å². The molecule has 16 heavy (non-hydrogen) atoms. The zero-order chi connectivity index (χ0) is 11.8. The lowest BCUT2D eigenvalue weighted by Crippen LogP contribution is -2.24. The van der Waals surface area contributed by atoms with Crippen molar-refractivity contribution < 1.29 is 4.74 Å². The van der Waals surface area contributed by atoms with Gasteiger partial charge in [0, 0.05) is 17.1 Å². The second-order valence-electron chi connectivity index (χ2n) is 4.14. The minimum Gasteiger partial charge on any atom is -0.377 e. The average molecular weight is 286 g/mol. The van der Waals surface area contributed by atoms with Gasteiger partial charge in [0.15, 0.2) is 0 Å². The van der Waals surface area contributed by atoms with E-state index >= 15 is 0 Å². The molecule has 1 N–H and O–H groups in total. The van der Waals surface area contributed by atoms with Crippen molar-refractivity contribution in [2.24, 2.45) is 0 Å². The Morgan fingerprint density at radius 1 is 1.25 bits per heavy atom. The summed E-state index contributed by atoms with van der Waals surface area (Å²) in [6.07, 6.45) is 1.06. The zero-order valence-electron chi connectivity index (χ0n) is 10.0. The van der Waals surface area contributed by atoms with Crippen LogP contribution in [0.2, 0.25) is 0 Å². The summed E-state index contributed by atoms with van der Waals surface area (Å²) in [5.41, 5.74) is 1.22. The molecule has 0 aromatic heterocycles. The SMILES string of the molecule is CC(C)NCCCOCc1ccc(Br)cc1. The number of hydrogen-bond acceptors (Lipinski definition) is 2. The van der Waals surface area contributed by atoms with Crippen molar-refractivity contribution in [2.75, 3.05) is 13.2 Å². The normalized spacial score (nSPS) is 11.0. The highest BCUT2D eigenvalue weighted by molar-refractivity contribution is 9.10. The van der Waals surface area contributed by atoms with Gasteiger partial charge in [-0.15, -0.1) is 0 Å². The monoisotopic (exact) mass is 285 g/mol. The van der Waals surface area contributed by atoms with Crippen molar-refractivity contribution in [3.05, 3.63) is 34.3 Å². The van der Waals surface area contributed by atoms with E-state index < -0.39 is 0 Å². The molecule has 0 amide bonds. The van der Waals surface area contributed by atoms with Crippen molar-refractivity contribution in [1.82, 2.24) is 5.32 Å². The summed E-state index contributed by atoms with van der Waals surface area (Å²) in [5, 5.41) is 3.37. The molecule has 0 saturated carbocycles. The van der Waals surface area contributed by atoms with E-state index in [0.29, 0.717) is 12.6 Å². The smallest absolute Gasteiger partial charge is 0.0716 e. The Morgan fingerprint density at radius 2 is 1.94 bits per heavy atom. The molecule has 0 fully saturated rings. The highest BCUT2D eigenvalue weighted by Crippen LogP contribution is 2.11. The van der Waals surface area contributed by atoms with E-state index in [4.69, 9.17) is 4.74 Å². The van der Waals surface area contributed by atoms with Crippen LogP contribution in [0.25, 0.3) is 0 Å². The number of nitrogens with one attached hydrogen (secondary N) is 1. The third-order valence-corrected chi connectivity index (χ3v) is 2.73. The molecule has 0 bridgehead atoms. The largest absolute Gasteiger partial charge is 0.377 e. The van der Waals surface area contributed by atoms with Crippen molar-refractivity contribution in [2.45, 2.75) is 32.9 Å². The minimum atomic E-state index is 0.562. The third kappa shape index (κ3) is 6.26. The fraction of sp³-hybridized carbons (Fsp3) is 0.538. The Hall–Kier alpha value is -0.380. The van der Waals surface area contributed by atoms with Gasteiger partial charge in [-0.1, -0.05) is 41.9 Å². The Morgan fingerprint density at radius 3 is 2.56 bits per heavy atom. The first kappa shape index (κ1) is 13.7. The molecule has 90 valence electrons. The summed E-state index contributed by atoms with van der Waals surface area (Å²) in [7, 11) is 0. The van der Waals surface area contributed by atoms with Gasteiger partial charge in [-0.05, 0) is 30.7 Å². The van der Waals surface area contributed by atoms with Gasteiger partial charge >= 0.3 is 0 Å². The van der Waals surface area contributed by atoms with E-state index in [0.717, 1.165) is 24.0 Å². The Kier molecular flexibility index (Phi) is 6.69. The Balaban J connectivity index is 2.05. The zero-order valence-corrected chi connectivity index (χ0v) is 11.6. The highest BCUT2D eigenvalue weighted by atomic mass is 79.9. The quantitative estimate of drug-likeness (QED) is 0.776. The van der Waals surface area contributed by atoms with Gasteiger partial charge in [0.05, 0.1) is 6.61 Å². The highest BCUT2D eigenvalue weighted by Gasteiger charge is 1.95. The fourth-order valence-corrected chi connectivity index (χ4v) is 1.60. The lowest BCUT2D eigenvalue weighted by atomic mass is 10.2. The van der Waals surface area contributed by atoms with Crippen molar-refractivity contribution >= 4 is 15.9 Å². The molecule has 1 rings (SSSR count). The third-order valence-electron chi connectivity index (χ3n) is 2.20. The van der Waals surface area contributed by atoms with Crippen LogP contribution in [0.1, 0.15) is 25.8 Å². The van der Waals surface area contributed by atoms with Crippen LogP contribution >= 0.6 is 15.9 Å². The molecule has 0 aliphatic heterocycles. The Labute approximate surface area is 107 Å². The summed E-state index contributed by atoms with van der Waals surface area (Å²) in [6.45, 7) is 6.86. The van der Waals surface area contributed by atoms with Gasteiger partial charge in [0.2, 0.25) is 0 Å². The molecular formula is C13H20BrNO. The van der Waals surface area contributed by atoms with Crippen LogP contribution in [-0.2, 0) is 11.3 Å². The van der Waals surface area contributed by atoms with Crippen LogP contribution in [-0.4, -0.2) is 19.2 Å². The van der Waals surface area contributed by atoms with Crippen LogP contribution in [0.15, 0.2) is 28.7 Å². The van der Waals surface area contributed by atoms with E-state index in [1.54, 1.807) is 0 Å². The molecule has 1 aromatic rings. The lowest BCUT2D eigenvalue weighted by Gasteiger charge is -2.08. The van der Waals surface area contributed by atoms with E-state index in [9.17, 15) is 0 Å². The van der Waals surface area contributed by atoms with E-state index in [1.807, 2.05) is 12.1 Å². The average Bonchev–Trinajstić information content (AvgIpc) is 2.25. The molecule has 0 aliphatic carbocycles. The molecule has 0 radical (unpaired) electrons. The molecule has 0 unspecified atom stereocenters. The molecule has 1 aromatic carbocycles. The maximum Gasteiger partial charge on any atom is 0.0716 e. The van der Waals surface area contributed by atoms with Gasteiger partial charge in [0.1, 0.15) is 0 Å². The van der Waals surface area contributed by atoms with Gasteiger partial charge in [-0.25, -0.2) is 0 Å². The molecule has 0 spiro atoms. The van der Waals surface area contributed by atoms with E-state index in [2.05, 4.69) is 47.2 Å². The fourth-order valence-electron chi connectivity index (χ4n) is 1.34. The summed E-state index contributed by atoms with van der Waals surface area (Å²) in [6, 6.07) is 8.80. The van der Waals surface area contributed by atoms with Gasteiger partial charge in [0.25, 0.3) is 0 Å². The number of halogens is 1. The maximum absolute atomic E-state index is 5.59. The molecule has 0 saturated heterocycles. The van der Waals surface area contributed by atoms with Gasteiger partial charge in [-0.3, -0.25) is 0 Å². The number of rotatable bonds is 7. The summed E-state index contributed by atoms with van der Waals surface area (Å²) < 4.78 is 6.69. The van der Waals surface area contributed by atoms with Crippen LogP contribution in [0, 0.1) is 0 Å². The van der Waals surface area contributed by atoms with E-state index in [1.165, 1.54) is 5.56 Å². The number of ether oxygens (including phenoxy) is 1. The first-order valence-electron chi connectivity index (χ1n) is 5.74. The number of hydrogen-bond donors (Lipinski definition) is 1. The first-order valence-corrected chi connectivity index (χ1v) is 6.53. The maximum atomic E-state index is 5.59. The minimum absolute atomic E-state index is 0.562. The summed E-state index contributed by atoms with van der Waals surface area (Å²) >= 11 is 3.41. The molecule has 0 atom stereocenters.